The third-order valence-corrected chi connectivity index (χ3v) is 3.36. The first-order chi connectivity index (χ1) is 10.3. The molecule has 4 heteroatoms. The second-order valence-corrected chi connectivity index (χ2v) is 4.80. The van der Waals surface area contributed by atoms with Gasteiger partial charge < -0.3 is 15.0 Å². The molecule has 2 aromatic carbocycles. The average Bonchev–Trinajstić information content (AvgIpc) is 2.97. The molecular weight excluding hydrogens is 264 g/mol. The van der Waals surface area contributed by atoms with Crippen LogP contribution >= 0.6 is 0 Å². The predicted molar refractivity (Wildman–Crippen MR) is 82.5 cm³/mol. The Balaban J connectivity index is 1.71. The molecule has 0 fully saturated rings. The third-order valence-electron chi connectivity index (χ3n) is 3.36. The number of H-pyrrole nitrogens is 1. The van der Waals surface area contributed by atoms with Crippen LogP contribution in [0.15, 0.2) is 54.6 Å². The molecule has 0 atom stereocenters. The second-order valence-electron chi connectivity index (χ2n) is 4.80. The summed E-state index contributed by atoms with van der Waals surface area (Å²) in [6.45, 7) is 0.464. The molecule has 0 saturated carbocycles. The number of fused-ring (bicyclic) bond motifs is 1. The zero-order chi connectivity index (χ0) is 14.7. The quantitative estimate of drug-likeness (QED) is 0.771. The van der Waals surface area contributed by atoms with Gasteiger partial charge in [-0.05, 0) is 29.8 Å². The van der Waals surface area contributed by atoms with Gasteiger partial charge in [0.15, 0.2) is 0 Å². The molecule has 0 saturated heterocycles. The lowest BCUT2D eigenvalue weighted by Crippen LogP contribution is -2.23. The Bertz CT molecular complexity index is 744. The van der Waals surface area contributed by atoms with E-state index in [0.717, 1.165) is 22.2 Å². The number of nitrogens with one attached hydrogen (secondary N) is 2. The van der Waals surface area contributed by atoms with Gasteiger partial charge in [0.05, 0.1) is 7.11 Å². The number of aromatic amines is 1. The molecule has 0 aliphatic heterocycles. The fourth-order valence-corrected chi connectivity index (χ4v) is 2.26. The number of amides is 1. The smallest absolute Gasteiger partial charge is 0.267 e. The van der Waals surface area contributed by atoms with Crippen molar-refractivity contribution in [3.05, 3.63) is 65.9 Å². The minimum absolute atomic E-state index is 0.117. The van der Waals surface area contributed by atoms with Gasteiger partial charge in [0.2, 0.25) is 0 Å². The van der Waals surface area contributed by atoms with E-state index < -0.39 is 0 Å². The Morgan fingerprint density at radius 1 is 1.14 bits per heavy atom. The van der Waals surface area contributed by atoms with Crippen molar-refractivity contribution >= 4 is 16.8 Å². The van der Waals surface area contributed by atoms with Crippen molar-refractivity contribution < 1.29 is 9.53 Å². The summed E-state index contributed by atoms with van der Waals surface area (Å²) in [5.74, 6) is 0.668. The number of aromatic nitrogens is 1. The lowest BCUT2D eigenvalue weighted by Gasteiger charge is -2.06. The van der Waals surface area contributed by atoms with E-state index in [9.17, 15) is 4.79 Å². The maximum absolute atomic E-state index is 12.2. The van der Waals surface area contributed by atoms with Crippen molar-refractivity contribution in [2.45, 2.75) is 6.54 Å². The fraction of sp³-hybridized carbons (Fsp3) is 0.118. The molecule has 0 aliphatic carbocycles. The molecule has 4 nitrogen and oxygen atoms in total. The van der Waals surface area contributed by atoms with Gasteiger partial charge in [-0.25, -0.2) is 0 Å². The summed E-state index contributed by atoms with van der Waals surface area (Å²) >= 11 is 0. The Morgan fingerprint density at radius 3 is 2.81 bits per heavy atom. The van der Waals surface area contributed by atoms with Crippen LogP contribution in [0.5, 0.6) is 5.75 Å². The summed E-state index contributed by atoms with van der Waals surface area (Å²) in [7, 11) is 1.63. The molecule has 0 spiro atoms. The first-order valence-electron chi connectivity index (χ1n) is 6.75. The van der Waals surface area contributed by atoms with Crippen molar-refractivity contribution in [2.75, 3.05) is 7.11 Å². The first kappa shape index (κ1) is 13.2. The highest BCUT2D eigenvalue weighted by Crippen LogP contribution is 2.15. The van der Waals surface area contributed by atoms with Crippen molar-refractivity contribution in [2.24, 2.45) is 0 Å². The summed E-state index contributed by atoms with van der Waals surface area (Å²) in [4.78, 5) is 15.3. The lowest BCUT2D eigenvalue weighted by atomic mass is 10.2. The zero-order valence-corrected chi connectivity index (χ0v) is 11.7. The topological polar surface area (TPSA) is 54.1 Å². The monoisotopic (exact) mass is 280 g/mol. The molecule has 0 aliphatic rings. The molecule has 1 heterocycles. The molecule has 3 rings (SSSR count). The van der Waals surface area contributed by atoms with Gasteiger partial charge in [-0.2, -0.15) is 0 Å². The lowest BCUT2D eigenvalue weighted by molar-refractivity contribution is 0.0946. The van der Waals surface area contributed by atoms with Crippen LogP contribution in [0.3, 0.4) is 0 Å². The number of para-hydroxylation sites is 1. The molecule has 1 amide bonds. The highest BCUT2D eigenvalue weighted by Gasteiger charge is 2.08. The molecule has 0 bridgehead atoms. The third kappa shape index (κ3) is 2.89. The number of hydrogen-bond donors (Lipinski definition) is 2. The SMILES string of the molecule is COc1cccc(CNC(=O)c2cc3ccccc3[nH]2)c1. The summed E-state index contributed by atoms with van der Waals surface area (Å²) in [6, 6.07) is 17.3. The highest BCUT2D eigenvalue weighted by molar-refractivity contribution is 5.97. The van der Waals surface area contributed by atoms with E-state index >= 15 is 0 Å². The summed E-state index contributed by atoms with van der Waals surface area (Å²) in [5.41, 5.74) is 2.53. The zero-order valence-electron chi connectivity index (χ0n) is 11.7. The highest BCUT2D eigenvalue weighted by atomic mass is 16.5. The summed E-state index contributed by atoms with van der Waals surface area (Å²) in [6.07, 6.45) is 0. The number of carbonyl (C=O) groups excluding carboxylic acids is 1. The van der Waals surface area contributed by atoms with E-state index in [1.165, 1.54) is 0 Å². The van der Waals surface area contributed by atoms with Gasteiger partial charge in [0, 0.05) is 17.4 Å². The van der Waals surface area contributed by atoms with Crippen LogP contribution in [0.1, 0.15) is 16.1 Å². The van der Waals surface area contributed by atoms with Gasteiger partial charge in [-0.15, -0.1) is 0 Å². The Hall–Kier alpha value is -2.75. The van der Waals surface area contributed by atoms with Crippen LogP contribution in [0, 0.1) is 0 Å². The average molecular weight is 280 g/mol. The maximum atomic E-state index is 12.2. The van der Waals surface area contributed by atoms with E-state index in [1.54, 1.807) is 7.11 Å². The molecule has 0 unspecified atom stereocenters. The predicted octanol–water partition coefficient (Wildman–Crippen LogP) is 3.11. The van der Waals surface area contributed by atoms with Gasteiger partial charge in [-0.3, -0.25) is 4.79 Å². The van der Waals surface area contributed by atoms with E-state index in [1.807, 2.05) is 54.6 Å². The van der Waals surface area contributed by atoms with Crippen molar-refractivity contribution in [3.63, 3.8) is 0 Å². The fourth-order valence-electron chi connectivity index (χ4n) is 2.26. The molecule has 1 aromatic heterocycles. The number of rotatable bonds is 4. The van der Waals surface area contributed by atoms with Crippen molar-refractivity contribution in [3.8, 4) is 5.75 Å². The Kier molecular flexibility index (Phi) is 3.60. The van der Waals surface area contributed by atoms with Crippen LogP contribution in [0.2, 0.25) is 0 Å². The van der Waals surface area contributed by atoms with E-state index in [0.29, 0.717) is 12.2 Å². The maximum Gasteiger partial charge on any atom is 0.267 e. The molecule has 0 radical (unpaired) electrons. The summed E-state index contributed by atoms with van der Waals surface area (Å²) in [5, 5.41) is 3.93. The van der Waals surface area contributed by atoms with Crippen molar-refractivity contribution in [1.29, 1.82) is 0 Å². The number of hydrogen-bond acceptors (Lipinski definition) is 2. The van der Waals surface area contributed by atoms with E-state index in [2.05, 4.69) is 10.3 Å². The van der Waals surface area contributed by atoms with Crippen LogP contribution in [-0.2, 0) is 6.54 Å². The Labute approximate surface area is 122 Å². The first-order valence-corrected chi connectivity index (χ1v) is 6.75. The minimum Gasteiger partial charge on any atom is -0.497 e. The van der Waals surface area contributed by atoms with Crippen LogP contribution in [0.4, 0.5) is 0 Å². The van der Waals surface area contributed by atoms with Gasteiger partial charge in [0.25, 0.3) is 5.91 Å². The molecule has 3 aromatic rings. The summed E-state index contributed by atoms with van der Waals surface area (Å²) < 4.78 is 5.17. The standard InChI is InChI=1S/C17H16N2O2/c1-21-14-7-4-5-12(9-14)11-18-17(20)16-10-13-6-2-3-8-15(13)19-16/h2-10,19H,11H2,1H3,(H,18,20). The van der Waals surface area contributed by atoms with Gasteiger partial charge in [0.1, 0.15) is 11.4 Å². The van der Waals surface area contributed by atoms with Crippen molar-refractivity contribution in [1.82, 2.24) is 10.3 Å². The van der Waals surface area contributed by atoms with Crippen LogP contribution in [0.25, 0.3) is 10.9 Å². The molecule has 106 valence electrons. The van der Waals surface area contributed by atoms with E-state index in [-0.39, 0.29) is 5.91 Å². The number of carbonyl (C=O) groups is 1. The molecular formula is C17H16N2O2. The normalized spacial score (nSPS) is 10.5. The number of ether oxygens (including phenoxy) is 1. The Morgan fingerprint density at radius 2 is 2.00 bits per heavy atom. The van der Waals surface area contributed by atoms with Gasteiger partial charge in [-0.1, -0.05) is 30.3 Å². The minimum atomic E-state index is -0.117. The van der Waals surface area contributed by atoms with E-state index in [4.69, 9.17) is 4.74 Å². The molecule has 2 N–H and O–H groups in total. The van der Waals surface area contributed by atoms with Crippen LogP contribution < -0.4 is 10.1 Å². The van der Waals surface area contributed by atoms with Gasteiger partial charge >= 0.3 is 0 Å². The van der Waals surface area contributed by atoms with Crippen LogP contribution in [-0.4, -0.2) is 18.0 Å². The largest absolute Gasteiger partial charge is 0.497 e. The second kappa shape index (κ2) is 5.71. The number of methoxy groups -OCH3 is 1. The number of benzene rings is 2. The molecule has 21 heavy (non-hydrogen) atoms.